The standard InChI is InChI=1S/C20H28N2O2/c1-2-24-11-5-10-22-14-17-8-9-19(13-18(17)15-22)21-20(23)12-16-6-3-4-7-16/h3,6,8-9,13,16H,2,4-5,7,10-12,14-15H2,1H3,(H,21,23). The van der Waals surface area contributed by atoms with Crippen LogP contribution in [-0.2, 0) is 22.6 Å². The van der Waals surface area contributed by atoms with Gasteiger partial charge in [-0.05, 0) is 55.4 Å². The first kappa shape index (κ1) is 17.2. The summed E-state index contributed by atoms with van der Waals surface area (Å²) in [5, 5.41) is 3.06. The van der Waals surface area contributed by atoms with Crippen LogP contribution in [0.4, 0.5) is 5.69 Å². The monoisotopic (exact) mass is 328 g/mol. The summed E-state index contributed by atoms with van der Waals surface area (Å²) in [7, 11) is 0. The largest absolute Gasteiger partial charge is 0.382 e. The average Bonchev–Trinajstić information content (AvgIpc) is 3.20. The lowest BCUT2D eigenvalue weighted by Gasteiger charge is -2.14. The number of fused-ring (bicyclic) bond motifs is 1. The number of hydrogen-bond donors (Lipinski definition) is 1. The molecule has 1 heterocycles. The van der Waals surface area contributed by atoms with Crippen molar-refractivity contribution in [2.75, 3.05) is 25.1 Å². The molecule has 1 amide bonds. The number of carbonyl (C=O) groups is 1. The highest BCUT2D eigenvalue weighted by molar-refractivity contribution is 5.91. The zero-order valence-corrected chi connectivity index (χ0v) is 14.6. The summed E-state index contributed by atoms with van der Waals surface area (Å²) in [4.78, 5) is 14.6. The molecule has 0 bridgehead atoms. The maximum absolute atomic E-state index is 12.2. The summed E-state index contributed by atoms with van der Waals surface area (Å²) in [6.45, 7) is 6.69. The van der Waals surface area contributed by atoms with Crippen molar-refractivity contribution in [1.29, 1.82) is 0 Å². The Morgan fingerprint density at radius 2 is 2.21 bits per heavy atom. The number of anilines is 1. The second-order valence-corrected chi connectivity index (χ2v) is 6.76. The zero-order valence-electron chi connectivity index (χ0n) is 14.6. The van der Waals surface area contributed by atoms with Crippen LogP contribution in [0.2, 0.25) is 0 Å². The fraction of sp³-hybridized carbons (Fsp3) is 0.550. The Balaban J connectivity index is 1.48. The fourth-order valence-corrected chi connectivity index (χ4v) is 3.55. The van der Waals surface area contributed by atoms with Gasteiger partial charge in [-0.15, -0.1) is 0 Å². The van der Waals surface area contributed by atoms with Gasteiger partial charge in [0.15, 0.2) is 0 Å². The number of ether oxygens (including phenoxy) is 1. The normalized spacial score (nSPS) is 19.6. The first-order valence-electron chi connectivity index (χ1n) is 9.13. The van der Waals surface area contributed by atoms with Crippen molar-refractivity contribution in [2.24, 2.45) is 5.92 Å². The van der Waals surface area contributed by atoms with E-state index in [9.17, 15) is 4.79 Å². The molecule has 1 aliphatic carbocycles. The maximum atomic E-state index is 12.2. The average molecular weight is 328 g/mol. The van der Waals surface area contributed by atoms with E-state index in [0.29, 0.717) is 12.3 Å². The molecule has 1 aromatic rings. The molecular weight excluding hydrogens is 300 g/mol. The fourth-order valence-electron chi connectivity index (χ4n) is 3.55. The number of nitrogens with zero attached hydrogens (tertiary/aromatic N) is 1. The highest BCUT2D eigenvalue weighted by atomic mass is 16.5. The molecule has 1 aliphatic heterocycles. The summed E-state index contributed by atoms with van der Waals surface area (Å²) in [5.41, 5.74) is 3.64. The zero-order chi connectivity index (χ0) is 16.8. The molecule has 24 heavy (non-hydrogen) atoms. The first-order valence-corrected chi connectivity index (χ1v) is 9.13. The molecular formula is C20H28N2O2. The Bertz CT molecular complexity index is 597. The van der Waals surface area contributed by atoms with E-state index in [2.05, 4.69) is 34.5 Å². The lowest BCUT2D eigenvalue weighted by Crippen LogP contribution is -2.19. The lowest BCUT2D eigenvalue weighted by atomic mass is 10.0. The molecule has 0 saturated carbocycles. The van der Waals surface area contributed by atoms with Crippen molar-refractivity contribution in [2.45, 2.75) is 45.7 Å². The molecule has 4 heteroatoms. The first-order chi connectivity index (χ1) is 11.7. The highest BCUT2D eigenvalue weighted by Crippen LogP contribution is 2.26. The van der Waals surface area contributed by atoms with Gasteiger partial charge in [0, 0.05) is 45.0 Å². The van der Waals surface area contributed by atoms with E-state index in [-0.39, 0.29) is 5.91 Å². The third-order valence-electron chi connectivity index (χ3n) is 4.81. The van der Waals surface area contributed by atoms with Crippen molar-refractivity contribution >= 4 is 11.6 Å². The summed E-state index contributed by atoms with van der Waals surface area (Å²) >= 11 is 0. The Hall–Kier alpha value is -1.65. The van der Waals surface area contributed by atoms with Crippen LogP contribution in [-0.4, -0.2) is 30.6 Å². The predicted molar refractivity (Wildman–Crippen MR) is 96.8 cm³/mol. The summed E-state index contributed by atoms with van der Waals surface area (Å²) in [5.74, 6) is 0.540. The Kier molecular flexibility index (Phi) is 6.05. The van der Waals surface area contributed by atoms with Crippen molar-refractivity contribution in [3.8, 4) is 0 Å². The van der Waals surface area contributed by atoms with Gasteiger partial charge in [-0.3, -0.25) is 9.69 Å². The van der Waals surface area contributed by atoms with Crippen LogP contribution < -0.4 is 5.32 Å². The molecule has 1 unspecified atom stereocenters. The van der Waals surface area contributed by atoms with Gasteiger partial charge >= 0.3 is 0 Å². The number of benzene rings is 1. The highest BCUT2D eigenvalue weighted by Gasteiger charge is 2.19. The van der Waals surface area contributed by atoms with Gasteiger partial charge in [0.1, 0.15) is 0 Å². The second kappa shape index (κ2) is 8.45. The lowest BCUT2D eigenvalue weighted by molar-refractivity contribution is -0.116. The Labute approximate surface area is 144 Å². The van der Waals surface area contributed by atoms with Gasteiger partial charge in [-0.25, -0.2) is 0 Å². The quantitative estimate of drug-likeness (QED) is 0.584. The molecule has 0 radical (unpaired) electrons. The van der Waals surface area contributed by atoms with E-state index in [1.165, 1.54) is 11.1 Å². The molecule has 130 valence electrons. The topological polar surface area (TPSA) is 41.6 Å². The molecule has 0 fully saturated rings. The van der Waals surface area contributed by atoms with Crippen LogP contribution >= 0.6 is 0 Å². The van der Waals surface area contributed by atoms with E-state index in [0.717, 1.165) is 57.8 Å². The van der Waals surface area contributed by atoms with Gasteiger partial charge in [-0.2, -0.15) is 0 Å². The number of allylic oxidation sites excluding steroid dienone is 2. The SMILES string of the molecule is CCOCCCN1Cc2ccc(NC(=O)CC3C=CCC3)cc2C1. The molecule has 3 rings (SSSR count). The summed E-state index contributed by atoms with van der Waals surface area (Å²) in [6.07, 6.45) is 8.22. The van der Waals surface area contributed by atoms with Crippen LogP contribution in [0.15, 0.2) is 30.4 Å². The van der Waals surface area contributed by atoms with Gasteiger partial charge in [-0.1, -0.05) is 18.2 Å². The molecule has 1 aromatic carbocycles. The minimum atomic E-state index is 0.123. The third-order valence-corrected chi connectivity index (χ3v) is 4.81. The van der Waals surface area contributed by atoms with Crippen LogP contribution in [0.5, 0.6) is 0 Å². The van der Waals surface area contributed by atoms with E-state index in [1.807, 2.05) is 13.0 Å². The number of carbonyl (C=O) groups excluding carboxylic acids is 1. The van der Waals surface area contributed by atoms with Crippen LogP contribution in [0.3, 0.4) is 0 Å². The van der Waals surface area contributed by atoms with Crippen molar-refractivity contribution in [1.82, 2.24) is 4.90 Å². The van der Waals surface area contributed by atoms with Crippen molar-refractivity contribution in [3.63, 3.8) is 0 Å². The Morgan fingerprint density at radius 3 is 3.00 bits per heavy atom. The number of hydrogen-bond acceptors (Lipinski definition) is 3. The molecule has 1 atom stereocenters. The van der Waals surface area contributed by atoms with Crippen LogP contribution in [0.25, 0.3) is 0 Å². The van der Waals surface area contributed by atoms with Crippen molar-refractivity contribution < 1.29 is 9.53 Å². The third kappa shape index (κ3) is 4.68. The maximum Gasteiger partial charge on any atom is 0.224 e. The molecule has 2 aliphatic rings. The number of nitrogens with one attached hydrogen (secondary N) is 1. The molecule has 0 spiro atoms. The molecule has 1 N–H and O–H groups in total. The smallest absolute Gasteiger partial charge is 0.224 e. The van der Waals surface area contributed by atoms with E-state index in [1.54, 1.807) is 0 Å². The number of rotatable bonds is 8. The second-order valence-electron chi connectivity index (χ2n) is 6.76. The summed E-state index contributed by atoms with van der Waals surface area (Å²) in [6, 6.07) is 6.33. The molecule has 0 aromatic heterocycles. The van der Waals surface area contributed by atoms with E-state index >= 15 is 0 Å². The predicted octanol–water partition coefficient (Wildman–Crippen LogP) is 3.72. The van der Waals surface area contributed by atoms with Gasteiger partial charge in [0.2, 0.25) is 5.91 Å². The summed E-state index contributed by atoms with van der Waals surface area (Å²) < 4.78 is 5.41. The van der Waals surface area contributed by atoms with Crippen LogP contribution in [0.1, 0.15) is 43.7 Å². The molecule has 0 saturated heterocycles. The van der Waals surface area contributed by atoms with E-state index < -0.39 is 0 Å². The van der Waals surface area contributed by atoms with Gasteiger partial charge < -0.3 is 10.1 Å². The van der Waals surface area contributed by atoms with Gasteiger partial charge in [0.25, 0.3) is 0 Å². The minimum absolute atomic E-state index is 0.123. The minimum Gasteiger partial charge on any atom is -0.382 e. The molecule has 4 nitrogen and oxygen atoms in total. The van der Waals surface area contributed by atoms with E-state index in [4.69, 9.17) is 4.74 Å². The van der Waals surface area contributed by atoms with Gasteiger partial charge in [0.05, 0.1) is 0 Å². The van der Waals surface area contributed by atoms with Crippen molar-refractivity contribution in [3.05, 3.63) is 41.5 Å². The Morgan fingerprint density at radius 1 is 1.33 bits per heavy atom. The number of amides is 1. The van der Waals surface area contributed by atoms with Crippen LogP contribution in [0, 0.1) is 5.92 Å².